The molecule has 42 heavy (non-hydrogen) atoms. The number of non-ortho nitro benzene ring substituents is 1. The van der Waals surface area contributed by atoms with Crippen molar-refractivity contribution in [3.05, 3.63) is 98.5 Å². The maximum absolute atomic E-state index is 14.1. The number of sulfonamides is 1. The first kappa shape index (κ1) is 31.3. The highest BCUT2D eigenvalue weighted by atomic mass is 35.5. The molecule has 222 valence electrons. The number of nitro groups is 1. The Morgan fingerprint density at radius 3 is 2.24 bits per heavy atom. The van der Waals surface area contributed by atoms with Crippen LogP contribution < -0.4 is 9.62 Å². The van der Waals surface area contributed by atoms with E-state index in [-0.39, 0.29) is 38.9 Å². The molecular formula is C29H30Cl2N4O6S. The first-order valence-electron chi connectivity index (χ1n) is 13.3. The number of nitrogens with zero attached hydrogens (tertiary/aromatic N) is 3. The van der Waals surface area contributed by atoms with E-state index in [0.717, 1.165) is 36.1 Å². The molecule has 0 saturated heterocycles. The summed E-state index contributed by atoms with van der Waals surface area (Å²) in [6.45, 7) is 0.628. The van der Waals surface area contributed by atoms with Crippen molar-refractivity contribution in [3.8, 4) is 0 Å². The van der Waals surface area contributed by atoms with E-state index >= 15 is 0 Å². The second kappa shape index (κ2) is 13.5. The van der Waals surface area contributed by atoms with Gasteiger partial charge in [-0.15, -0.1) is 0 Å². The summed E-state index contributed by atoms with van der Waals surface area (Å²) in [6.07, 6.45) is 3.65. The molecule has 0 bridgehead atoms. The van der Waals surface area contributed by atoms with Crippen LogP contribution in [0.5, 0.6) is 0 Å². The summed E-state index contributed by atoms with van der Waals surface area (Å²) in [5.41, 5.74) is -0.0417. The molecule has 1 saturated carbocycles. The Hall–Kier alpha value is -3.67. The van der Waals surface area contributed by atoms with Crippen molar-refractivity contribution in [1.29, 1.82) is 0 Å². The van der Waals surface area contributed by atoms with Crippen LogP contribution in [0.2, 0.25) is 10.0 Å². The van der Waals surface area contributed by atoms with Gasteiger partial charge in [0.25, 0.3) is 15.7 Å². The first-order chi connectivity index (χ1) is 20.0. The Balaban J connectivity index is 1.74. The van der Waals surface area contributed by atoms with Gasteiger partial charge in [0.15, 0.2) is 0 Å². The van der Waals surface area contributed by atoms with Crippen LogP contribution in [0, 0.1) is 10.1 Å². The smallest absolute Gasteiger partial charge is 0.271 e. The Bertz CT molecular complexity index is 1550. The fourth-order valence-electron chi connectivity index (χ4n) is 4.84. The highest BCUT2D eigenvalue weighted by molar-refractivity contribution is 7.92. The molecular weight excluding hydrogens is 603 g/mol. The third-order valence-corrected chi connectivity index (χ3v) is 9.69. The lowest BCUT2D eigenvalue weighted by Crippen LogP contribution is -2.52. The lowest BCUT2D eigenvalue weighted by molar-refractivity contribution is -0.384. The molecule has 0 unspecified atom stereocenters. The van der Waals surface area contributed by atoms with E-state index in [4.69, 9.17) is 23.2 Å². The summed E-state index contributed by atoms with van der Waals surface area (Å²) < 4.78 is 28.5. The number of anilines is 1. The van der Waals surface area contributed by atoms with E-state index in [9.17, 15) is 28.1 Å². The summed E-state index contributed by atoms with van der Waals surface area (Å²) in [5, 5.41) is 15.0. The van der Waals surface area contributed by atoms with E-state index < -0.39 is 39.3 Å². The van der Waals surface area contributed by atoms with Gasteiger partial charge in [-0.2, -0.15) is 0 Å². The minimum atomic E-state index is -4.37. The lowest BCUT2D eigenvalue weighted by atomic mass is 10.1. The molecule has 10 nitrogen and oxygen atoms in total. The molecule has 1 aliphatic carbocycles. The first-order valence-corrected chi connectivity index (χ1v) is 15.5. The zero-order chi connectivity index (χ0) is 30.4. The summed E-state index contributed by atoms with van der Waals surface area (Å²) >= 11 is 12.8. The fraction of sp³-hybridized carbons (Fsp3) is 0.310. The minimum Gasteiger partial charge on any atom is -0.352 e. The van der Waals surface area contributed by atoms with Crippen molar-refractivity contribution in [2.24, 2.45) is 0 Å². The quantitative estimate of drug-likeness (QED) is 0.217. The molecule has 13 heteroatoms. The summed E-state index contributed by atoms with van der Waals surface area (Å²) in [6, 6.07) is 16.3. The van der Waals surface area contributed by atoms with Crippen molar-refractivity contribution in [1.82, 2.24) is 10.2 Å². The van der Waals surface area contributed by atoms with Crippen LogP contribution in [-0.4, -0.2) is 48.7 Å². The van der Waals surface area contributed by atoms with E-state index in [1.807, 2.05) is 0 Å². The molecule has 0 heterocycles. The second-order valence-electron chi connectivity index (χ2n) is 9.99. The van der Waals surface area contributed by atoms with Gasteiger partial charge in [-0.1, -0.05) is 66.4 Å². The molecule has 4 rings (SSSR count). The predicted octanol–water partition coefficient (Wildman–Crippen LogP) is 5.57. The summed E-state index contributed by atoms with van der Waals surface area (Å²) in [5.74, 6) is -1.13. The van der Waals surface area contributed by atoms with E-state index in [1.165, 1.54) is 47.4 Å². The lowest BCUT2D eigenvalue weighted by Gasteiger charge is -2.32. The third-order valence-electron chi connectivity index (χ3n) is 7.20. The Morgan fingerprint density at radius 2 is 1.62 bits per heavy atom. The predicted molar refractivity (Wildman–Crippen MR) is 161 cm³/mol. The molecule has 1 atom stereocenters. The van der Waals surface area contributed by atoms with Crippen LogP contribution >= 0.6 is 23.2 Å². The minimum absolute atomic E-state index is 0.0133. The Morgan fingerprint density at radius 1 is 1.00 bits per heavy atom. The normalized spacial score (nSPS) is 14.3. The van der Waals surface area contributed by atoms with Crippen molar-refractivity contribution >= 4 is 56.4 Å². The molecule has 3 aromatic rings. The number of nitrogens with one attached hydrogen (secondary N) is 1. The topological polar surface area (TPSA) is 130 Å². The van der Waals surface area contributed by atoms with Gasteiger partial charge in [-0.3, -0.25) is 24.0 Å². The van der Waals surface area contributed by atoms with Crippen molar-refractivity contribution in [2.45, 2.75) is 56.1 Å². The Labute approximate surface area is 254 Å². The largest absolute Gasteiger partial charge is 0.352 e. The SMILES string of the molecule is C[C@H](C(=O)NC1CCCC1)N(Cc1c(Cl)cccc1Cl)C(=O)CN(c1cccc([N+](=O)[O-])c1)S(=O)(=O)c1ccccc1. The van der Waals surface area contributed by atoms with Crippen LogP contribution in [0.15, 0.2) is 77.7 Å². The van der Waals surface area contributed by atoms with Gasteiger partial charge in [-0.05, 0) is 50.1 Å². The van der Waals surface area contributed by atoms with Crippen molar-refractivity contribution in [2.75, 3.05) is 10.8 Å². The number of hydrogen-bond donors (Lipinski definition) is 1. The zero-order valence-electron chi connectivity index (χ0n) is 22.8. The van der Waals surface area contributed by atoms with Crippen molar-refractivity contribution in [3.63, 3.8) is 0 Å². The van der Waals surface area contributed by atoms with E-state index in [2.05, 4.69) is 5.32 Å². The summed E-state index contributed by atoms with van der Waals surface area (Å²) in [7, 11) is -4.37. The molecule has 0 aliphatic heterocycles. The standard InChI is InChI=1S/C29H30Cl2N4O6S/c1-20(29(37)32-21-9-5-6-10-21)33(18-25-26(30)15-8-16-27(25)31)28(36)19-34(22-11-7-12-23(17-22)35(38)39)42(40,41)24-13-3-2-4-14-24/h2-4,7-8,11-17,20-21H,5-6,9-10,18-19H2,1H3,(H,32,37)/t20-/m1/s1. The van der Waals surface area contributed by atoms with E-state index in [1.54, 1.807) is 31.2 Å². The average molecular weight is 634 g/mol. The third kappa shape index (κ3) is 7.21. The van der Waals surface area contributed by atoms with Gasteiger partial charge >= 0.3 is 0 Å². The van der Waals surface area contributed by atoms with Crippen LogP contribution in [-0.2, 0) is 26.2 Å². The molecule has 1 fully saturated rings. The van der Waals surface area contributed by atoms with Crippen LogP contribution in [0.1, 0.15) is 38.2 Å². The highest BCUT2D eigenvalue weighted by Gasteiger charge is 2.34. The average Bonchev–Trinajstić information content (AvgIpc) is 3.49. The molecule has 3 aromatic carbocycles. The van der Waals surface area contributed by atoms with Gasteiger partial charge < -0.3 is 10.2 Å². The second-order valence-corrected chi connectivity index (χ2v) is 12.7. The van der Waals surface area contributed by atoms with E-state index in [0.29, 0.717) is 5.56 Å². The van der Waals surface area contributed by atoms with Gasteiger partial charge in [-0.25, -0.2) is 8.42 Å². The van der Waals surface area contributed by atoms with Gasteiger partial charge in [0.1, 0.15) is 12.6 Å². The number of carbonyl (C=O) groups is 2. The number of benzene rings is 3. The number of carbonyl (C=O) groups excluding carboxylic acids is 2. The van der Waals surface area contributed by atoms with Crippen LogP contribution in [0.4, 0.5) is 11.4 Å². The number of halogens is 2. The monoisotopic (exact) mass is 632 g/mol. The number of hydrogen-bond acceptors (Lipinski definition) is 6. The van der Waals surface area contributed by atoms with Crippen LogP contribution in [0.25, 0.3) is 0 Å². The van der Waals surface area contributed by atoms with Gasteiger partial charge in [0.2, 0.25) is 11.8 Å². The molecule has 0 radical (unpaired) electrons. The molecule has 1 aliphatic rings. The van der Waals surface area contributed by atoms with Gasteiger partial charge in [0, 0.05) is 40.3 Å². The fourth-order valence-corrected chi connectivity index (χ4v) is 6.78. The van der Waals surface area contributed by atoms with Crippen molar-refractivity contribution < 1.29 is 22.9 Å². The zero-order valence-corrected chi connectivity index (χ0v) is 25.1. The summed E-state index contributed by atoms with van der Waals surface area (Å²) in [4.78, 5) is 39.3. The maximum Gasteiger partial charge on any atom is 0.271 e. The van der Waals surface area contributed by atoms with Gasteiger partial charge in [0.05, 0.1) is 15.5 Å². The Kier molecular flexibility index (Phi) is 10.1. The number of rotatable bonds is 11. The number of amides is 2. The molecule has 2 amide bonds. The molecule has 1 N–H and O–H groups in total. The highest BCUT2D eigenvalue weighted by Crippen LogP contribution is 2.30. The van der Waals surface area contributed by atoms with Crippen LogP contribution in [0.3, 0.4) is 0 Å². The molecule has 0 aromatic heterocycles. The number of nitro benzene ring substituents is 1. The molecule has 0 spiro atoms. The maximum atomic E-state index is 14.1.